The van der Waals surface area contributed by atoms with Crippen molar-refractivity contribution in [2.45, 2.75) is 13.0 Å². The van der Waals surface area contributed by atoms with Crippen LogP contribution in [0.4, 0.5) is 5.95 Å². The maximum Gasteiger partial charge on any atom is 0.255 e. The van der Waals surface area contributed by atoms with Crippen molar-refractivity contribution in [1.29, 1.82) is 0 Å². The van der Waals surface area contributed by atoms with Crippen LogP contribution in [0.25, 0.3) is 0 Å². The van der Waals surface area contributed by atoms with Crippen LogP contribution < -0.4 is 15.8 Å². The van der Waals surface area contributed by atoms with E-state index in [1.165, 1.54) is 0 Å². The number of hydrogen-bond acceptors (Lipinski definition) is 5. The molecule has 1 saturated heterocycles. The van der Waals surface area contributed by atoms with Gasteiger partial charge in [-0.3, -0.25) is 9.78 Å². The van der Waals surface area contributed by atoms with Crippen molar-refractivity contribution in [3.8, 4) is 0 Å². The number of fused-ring (bicyclic) bond motifs is 1. The minimum absolute atomic E-state index is 0.0460. The first-order chi connectivity index (χ1) is 8.34. The Balaban J connectivity index is 1.95. The van der Waals surface area contributed by atoms with Crippen LogP contribution in [0.5, 0.6) is 0 Å². The number of aromatic amines is 1. The van der Waals surface area contributed by atoms with Crippen molar-refractivity contribution < 1.29 is 0 Å². The Morgan fingerprint density at radius 1 is 1.29 bits per heavy atom. The number of aromatic nitrogens is 2. The van der Waals surface area contributed by atoms with Gasteiger partial charge in [-0.05, 0) is 13.0 Å². The molecule has 2 N–H and O–H groups in total. The molecule has 92 valence electrons. The van der Waals surface area contributed by atoms with Gasteiger partial charge in [-0.15, -0.1) is 0 Å². The number of nitrogens with one attached hydrogen (secondary N) is 2. The van der Waals surface area contributed by atoms with Crippen molar-refractivity contribution in [3.63, 3.8) is 0 Å². The Kier molecular flexibility index (Phi) is 3.07. The molecule has 3 rings (SSSR count). The van der Waals surface area contributed by atoms with Crippen molar-refractivity contribution in [2.24, 2.45) is 0 Å². The van der Waals surface area contributed by atoms with Gasteiger partial charge in [0.1, 0.15) is 0 Å². The summed E-state index contributed by atoms with van der Waals surface area (Å²) >= 11 is 1.95. The lowest BCUT2D eigenvalue weighted by atomic mass is 10.1. The van der Waals surface area contributed by atoms with Crippen LogP contribution in [0.2, 0.25) is 0 Å². The van der Waals surface area contributed by atoms with Gasteiger partial charge in [-0.25, -0.2) is 4.98 Å². The molecular formula is C11H16N4OS. The first-order valence-electron chi connectivity index (χ1n) is 6.00. The van der Waals surface area contributed by atoms with Crippen molar-refractivity contribution >= 4 is 17.7 Å². The first kappa shape index (κ1) is 11.1. The lowest BCUT2D eigenvalue weighted by Crippen LogP contribution is -2.38. The predicted octanol–water partition coefficient (Wildman–Crippen LogP) is -0.0312. The molecule has 17 heavy (non-hydrogen) atoms. The first-order valence-corrected chi connectivity index (χ1v) is 7.15. The summed E-state index contributed by atoms with van der Waals surface area (Å²) < 4.78 is 0. The number of rotatable bonds is 1. The Labute approximate surface area is 104 Å². The highest BCUT2D eigenvalue weighted by Crippen LogP contribution is 2.16. The van der Waals surface area contributed by atoms with E-state index < -0.39 is 0 Å². The molecule has 0 atom stereocenters. The summed E-state index contributed by atoms with van der Waals surface area (Å²) in [6.07, 6.45) is 0.786. The van der Waals surface area contributed by atoms with Crippen LogP contribution in [0.15, 0.2) is 4.79 Å². The van der Waals surface area contributed by atoms with E-state index in [-0.39, 0.29) is 5.56 Å². The van der Waals surface area contributed by atoms with Crippen LogP contribution in [0.1, 0.15) is 11.3 Å². The van der Waals surface area contributed by atoms with E-state index in [2.05, 4.69) is 20.2 Å². The van der Waals surface area contributed by atoms with Gasteiger partial charge < -0.3 is 10.2 Å². The predicted molar refractivity (Wildman–Crippen MR) is 69.8 cm³/mol. The zero-order chi connectivity index (χ0) is 11.7. The van der Waals surface area contributed by atoms with E-state index in [9.17, 15) is 4.79 Å². The second-order valence-corrected chi connectivity index (χ2v) is 5.57. The molecule has 2 aliphatic heterocycles. The topological polar surface area (TPSA) is 61.0 Å². The van der Waals surface area contributed by atoms with Gasteiger partial charge in [0, 0.05) is 36.7 Å². The summed E-state index contributed by atoms with van der Waals surface area (Å²) in [6.45, 7) is 3.53. The molecule has 0 amide bonds. The summed E-state index contributed by atoms with van der Waals surface area (Å²) in [6, 6.07) is 0. The quantitative estimate of drug-likeness (QED) is 0.735. The van der Waals surface area contributed by atoms with Crippen LogP contribution in [0, 0.1) is 0 Å². The molecule has 0 aromatic carbocycles. The monoisotopic (exact) mass is 252 g/mol. The summed E-state index contributed by atoms with van der Waals surface area (Å²) in [7, 11) is 0. The third kappa shape index (κ3) is 2.19. The Hall–Kier alpha value is -1.01. The Bertz CT molecular complexity index is 467. The van der Waals surface area contributed by atoms with Gasteiger partial charge in [0.15, 0.2) is 0 Å². The molecule has 0 bridgehead atoms. The van der Waals surface area contributed by atoms with E-state index in [1.807, 2.05) is 11.8 Å². The minimum atomic E-state index is 0.0460. The summed E-state index contributed by atoms with van der Waals surface area (Å²) in [5.41, 5.74) is 1.83. The normalized spacial score (nSPS) is 20.1. The molecule has 0 aliphatic carbocycles. The molecule has 0 radical (unpaired) electrons. The Morgan fingerprint density at radius 2 is 2.12 bits per heavy atom. The smallest absolute Gasteiger partial charge is 0.255 e. The molecule has 5 nitrogen and oxygen atoms in total. The minimum Gasteiger partial charge on any atom is -0.341 e. The lowest BCUT2D eigenvalue weighted by Gasteiger charge is -2.28. The van der Waals surface area contributed by atoms with E-state index in [0.29, 0.717) is 0 Å². The zero-order valence-corrected chi connectivity index (χ0v) is 10.5. The third-order valence-corrected chi connectivity index (χ3v) is 4.19. The highest BCUT2D eigenvalue weighted by molar-refractivity contribution is 7.99. The average Bonchev–Trinajstić information content (AvgIpc) is 2.40. The molecule has 6 heteroatoms. The van der Waals surface area contributed by atoms with Crippen LogP contribution in [-0.4, -0.2) is 41.1 Å². The van der Waals surface area contributed by atoms with E-state index in [4.69, 9.17) is 0 Å². The van der Waals surface area contributed by atoms with Gasteiger partial charge in [-0.1, -0.05) is 0 Å². The molecule has 1 aromatic heterocycles. The van der Waals surface area contributed by atoms with Crippen LogP contribution in [-0.2, 0) is 13.0 Å². The molecule has 1 fully saturated rings. The molecule has 3 heterocycles. The highest BCUT2D eigenvalue weighted by Gasteiger charge is 2.19. The molecular weight excluding hydrogens is 236 g/mol. The molecule has 0 saturated carbocycles. The van der Waals surface area contributed by atoms with Gasteiger partial charge in [0.05, 0.1) is 5.69 Å². The molecule has 0 unspecified atom stereocenters. The maximum atomic E-state index is 12.0. The third-order valence-electron chi connectivity index (χ3n) is 3.24. The van der Waals surface area contributed by atoms with Crippen LogP contribution in [0.3, 0.4) is 0 Å². The standard InChI is InChI=1S/C11H16N4OS/c16-10-8-1-2-12-7-9(8)13-11(14-10)15-3-5-17-6-4-15/h12H,1-7H2,(H,13,14,16). The lowest BCUT2D eigenvalue weighted by molar-refractivity contribution is 0.615. The van der Waals surface area contributed by atoms with Gasteiger partial charge in [0.25, 0.3) is 5.56 Å². The van der Waals surface area contributed by atoms with Crippen molar-refractivity contribution in [2.75, 3.05) is 36.0 Å². The number of hydrogen-bond donors (Lipinski definition) is 2. The average molecular weight is 252 g/mol. The fourth-order valence-corrected chi connectivity index (χ4v) is 3.18. The fourth-order valence-electron chi connectivity index (χ4n) is 2.28. The number of nitrogens with zero attached hydrogens (tertiary/aromatic N) is 2. The summed E-state index contributed by atoms with van der Waals surface area (Å²) in [5, 5.41) is 3.26. The number of anilines is 1. The largest absolute Gasteiger partial charge is 0.341 e. The summed E-state index contributed by atoms with van der Waals surface area (Å²) in [4.78, 5) is 21.7. The SMILES string of the molecule is O=c1[nH]c(N2CCSCC2)nc2c1CCNC2. The van der Waals surface area contributed by atoms with Crippen molar-refractivity contribution in [1.82, 2.24) is 15.3 Å². The van der Waals surface area contributed by atoms with Gasteiger partial charge in [0.2, 0.25) is 5.95 Å². The zero-order valence-electron chi connectivity index (χ0n) is 9.66. The second kappa shape index (κ2) is 4.70. The second-order valence-electron chi connectivity index (χ2n) is 4.34. The fraction of sp³-hybridized carbons (Fsp3) is 0.636. The molecule has 1 aromatic rings. The van der Waals surface area contributed by atoms with E-state index in [1.54, 1.807) is 0 Å². The van der Waals surface area contributed by atoms with Gasteiger partial charge >= 0.3 is 0 Å². The molecule has 0 spiro atoms. The highest BCUT2D eigenvalue weighted by atomic mass is 32.2. The van der Waals surface area contributed by atoms with Crippen molar-refractivity contribution in [3.05, 3.63) is 21.6 Å². The number of thioether (sulfide) groups is 1. The number of H-pyrrole nitrogens is 1. The Morgan fingerprint density at radius 3 is 2.94 bits per heavy atom. The summed E-state index contributed by atoms with van der Waals surface area (Å²) in [5.74, 6) is 2.97. The maximum absolute atomic E-state index is 12.0. The van der Waals surface area contributed by atoms with E-state index in [0.717, 1.165) is 61.3 Å². The molecule has 2 aliphatic rings. The van der Waals surface area contributed by atoms with Gasteiger partial charge in [-0.2, -0.15) is 11.8 Å². The van der Waals surface area contributed by atoms with Crippen LogP contribution >= 0.6 is 11.8 Å². The van der Waals surface area contributed by atoms with E-state index >= 15 is 0 Å².